The summed E-state index contributed by atoms with van der Waals surface area (Å²) in [5, 5.41) is 8.11. The average molecular weight is 355 g/mol. The Kier molecular flexibility index (Phi) is 4.24. The SMILES string of the molecule is Cn1nccc1C(=O)N1CCCC(c2noc(-c3cccc(F)c3)n2)C1. The molecular weight excluding hydrogens is 337 g/mol. The molecule has 0 saturated carbocycles. The van der Waals surface area contributed by atoms with Crippen molar-refractivity contribution in [2.75, 3.05) is 13.1 Å². The van der Waals surface area contributed by atoms with Crippen molar-refractivity contribution < 1.29 is 13.7 Å². The lowest BCUT2D eigenvalue weighted by molar-refractivity contribution is 0.0692. The van der Waals surface area contributed by atoms with Crippen LogP contribution in [-0.4, -0.2) is 43.8 Å². The molecule has 1 aromatic carbocycles. The summed E-state index contributed by atoms with van der Waals surface area (Å²) in [5.41, 5.74) is 1.10. The summed E-state index contributed by atoms with van der Waals surface area (Å²) in [6.45, 7) is 1.21. The molecule has 8 heteroatoms. The number of aromatic nitrogens is 4. The Morgan fingerprint density at radius 1 is 1.35 bits per heavy atom. The Hall–Kier alpha value is -3.03. The molecule has 1 atom stereocenters. The summed E-state index contributed by atoms with van der Waals surface area (Å²) in [4.78, 5) is 18.9. The number of likely N-dealkylation sites (tertiary alicyclic amines) is 1. The van der Waals surface area contributed by atoms with Crippen LogP contribution >= 0.6 is 0 Å². The van der Waals surface area contributed by atoms with Gasteiger partial charge in [-0.05, 0) is 37.1 Å². The fraction of sp³-hybridized carbons (Fsp3) is 0.333. The zero-order valence-electron chi connectivity index (χ0n) is 14.3. The van der Waals surface area contributed by atoms with E-state index in [1.165, 1.54) is 12.1 Å². The molecule has 0 aliphatic carbocycles. The lowest BCUT2D eigenvalue weighted by Gasteiger charge is -2.31. The number of piperidine rings is 1. The summed E-state index contributed by atoms with van der Waals surface area (Å²) < 4.78 is 20.3. The minimum atomic E-state index is -0.354. The van der Waals surface area contributed by atoms with Gasteiger partial charge in [-0.25, -0.2) is 4.39 Å². The Morgan fingerprint density at radius 3 is 3.00 bits per heavy atom. The van der Waals surface area contributed by atoms with Gasteiger partial charge in [-0.3, -0.25) is 9.48 Å². The maximum Gasteiger partial charge on any atom is 0.272 e. The molecule has 3 aromatic rings. The monoisotopic (exact) mass is 355 g/mol. The highest BCUT2D eigenvalue weighted by molar-refractivity contribution is 5.92. The van der Waals surface area contributed by atoms with Crippen LogP contribution in [0.25, 0.3) is 11.5 Å². The van der Waals surface area contributed by atoms with Gasteiger partial charge in [-0.2, -0.15) is 10.1 Å². The van der Waals surface area contributed by atoms with Gasteiger partial charge in [0.25, 0.3) is 11.8 Å². The van der Waals surface area contributed by atoms with Crippen molar-refractivity contribution in [3.8, 4) is 11.5 Å². The fourth-order valence-corrected chi connectivity index (χ4v) is 3.26. The third-order valence-corrected chi connectivity index (χ3v) is 4.63. The van der Waals surface area contributed by atoms with Crippen molar-refractivity contribution >= 4 is 5.91 Å². The topological polar surface area (TPSA) is 77.0 Å². The number of aryl methyl sites for hydroxylation is 1. The van der Waals surface area contributed by atoms with Gasteiger partial charge in [-0.15, -0.1) is 0 Å². The molecule has 0 spiro atoms. The van der Waals surface area contributed by atoms with Crippen molar-refractivity contribution in [2.24, 2.45) is 7.05 Å². The van der Waals surface area contributed by atoms with Gasteiger partial charge in [-0.1, -0.05) is 11.2 Å². The number of benzene rings is 1. The van der Waals surface area contributed by atoms with Gasteiger partial charge in [0.15, 0.2) is 5.82 Å². The molecule has 7 nitrogen and oxygen atoms in total. The first-order valence-corrected chi connectivity index (χ1v) is 8.48. The lowest BCUT2D eigenvalue weighted by Crippen LogP contribution is -2.40. The number of carbonyl (C=O) groups excluding carboxylic acids is 1. The molecule has 26 heavy (non-hydrogen) atoms. The van der Waals surface area contributed by atoms with Crippen LogP contribution in [-0.2, 0) is 7.05 Å². The molecule has 1 aliphatic heterocycles. The van der Waals surface area contributed by atoms with Crippen molar-refractivity contribution in [3.63, 3.8) is 0 Å². The number of amides is 1. The summed E-state index contributed by atoms with van der Waals surface area (Å²) >= 11 is 0. The molecule has 1 unspecified atom stereocenters. The van der Waals surface area contributed by atoms with Gasteiger partial charge in [0, 0.05) is 37.8 Å². The van der Waals surface area contributed by atoms with Crippen LogP contribution in [0.3, 0.4) is 0 Å². The van der Waals surface area contributed by atoms with E-state index in [9.17, 15) is 9.18 Å². The number of rotatable bonds is 3. The molecule has 1 fully saturated rings. The summed E-state index contributed by atoms with van der Waals surface area (Å²) in [5.74, 6) is 0.421. The fourth-order valence-electron chi connectivity index (χ4n) is 3.26. The maximum absolute atomic E-state index is 13.4. The second-order valence-electron chi connectivity index (χ2n) is 6.40. The van der Waals surface area contributed by atoms with Gasteiger partial charge in [0.1, 0.15) is 11.5 Å². The van der Waals surface area contributed by atoms with Gasteiger partial charge in [0.05, 0.1) is 0 Å². The quantitative estimate of drug-likeness (QED) is 0.722. The third kappa shape index (κ3) is 3.10. The van der Waals surface area contributed by atoms with E-state index in [-0.39, 0.29) is 23.5 Å². The van der Waals surface area contributed by atoms with Gasteiger partial charge >= 0.3 is 0 Å². The number of carbonyl (C=O) groups is 1. The highest BCUT2D eigenvalue weighted by Gasteiger charge is 2.29. The van der Waals surface area contributed by atoms with Crippen molar-refractivity contribution in [2.45, 2.75) is 18.8 Å². The van der Waals surface area contributed by atoms with Gasteiger partial charge in [0.2, 0.25) is 0 Å². The minimum Gasteiger partial charge on any atom is -0.337 e. The summed E-state index contributed by atoms with van der Waals surface area (Å²) in [7, 11) is 1.75. The molecule has 0 radical (unpaired) electrons. The average Bonchev–Trinajstić information content (AvgIpc) is 3.30. The van der Waals surface area contributed by atoms with Crippen LogP contribution in [0, 0.1) is 5.82 Å². The molecule has 1 aliphatic rings. The minimum absolute atomic E-state index is 0.00742. The van der Waals surface area contributed by atoms with Crippen molar-refractivity contribution in [1.29, 1.82) is 0 Å². The van der Waals surface area contributed by atoms with Crippen LogP contribution in [0.15, 0.2) is 41.1 Å². The number of hydrogen-bond acceptors (Lipinski definition) is 5. The van der Waals surface area contributed by atoms with Crippen molar-refractivity contribution in [3.05, 3.63) is 53.9 Å². The smallest absolute Gasteiger partial charge is 0.272 e. The second kappa shape index (κ2) is 6.70. The number of nitrogens with zero attached hydrogens (tertiary/aromatic N) is 5. The van der Waals surface area contributed by atoms with Crippen molar-refractivity contribution in [1.82, 2.24) is 24.8 Å². The molecule has 1 amide bonds. The summed E-state index contributed by atoms with van der Waals surface area (Å²) in [6, 6.07) is 7.76. The highest BCUT2D eigenvalue weighted by atomic mass is 19.1. The second-order valence-corrected chi connectivity index (χ2v) is 6.40. The van der Waals surface area contributed by atoms with E-state index >= 15 is 0 Å². The maximum atomic E-state index is 13.4. The molecule has 0 bridgehead atoms. The lowest BCUT2D eigenvalue weighted by atomic mass is 9.97. The third-order valence-electron chi connectivity index (χ3n) is 4.63. The number of halogens is 1. The van der Waals surface area contributed by atoms with Gasteiger partial charge < -0.3 is 9.42 Å². The van der Waals surface area contributed by atoms with Crippen LogP contribution < -0.4 is 0 Å². The van der Waals surface area contributed by atoms with E-state index in [4.69, 9.17) is 4.52 Å². The standard InChI is InChI=1S/C18H18FN5O2/c1-23-15(7-8-20-23)18(25)24-9-3-5-13(11-24)16-21-17(26-22-16)12-4-2-6-14(19)10-12/h2,4,6-8,10,13H,3,5,9,11H2,1H3. The molecule has 4 rings (SSSR count). The van der Waals surface area contributed by atoms with E-state index in [2.05, 4.69) is 15.2 Å². The van der Waals surface area contributed by atoms with E-state index in [0.29, 0.717) is 30.2 Å². The van der Waals surface area contributed by atoms with Crippen LogP contribution in [0.4, 0.5) is 4.39 Å². The molecule has 3 heterocycles. The Morgan fingerprint density at radius 2 is 2.23 bits per heavy atom. The number of hydrogen-bond donors (Lipinski definition) is 0. The molecule has 134 valence electrons. The van der Waals surface area contributed by atoms with Crippen LogP contribution in [0.1, 0.15) is 35.1 Å². The first-order valence-electron chi connectivity index (χ1n) is 8.48. The summed E-state index contributed by atoms with van der Waals surface area (Å²) in [6.07, 6.45) is 3.34. The zero-order chi connectivity index (χ0) is 18.1. The predicted molar refractivity (Wildman–Crippen MR) is 90.8 cm³/mol. The Labute approximate surface area is 149 Å². The molecule has 0 N–H and O–H groups in total. The first-order chi connectivity index (χ1) is 12.6. The van der Waals surface area contributed by atoms with Crippen LogP contribution in [0.2, 0.25) is 0 Å². The predicted octanol–water partition coefficient (Wildman–Crippen LogP) is 2.63. The largest absolute Gasteiger partial charge is 0.337 e. The van der Waals surface area contributed by atoms with E-state index < -0.39 is 0 Å². The van der Waals surface area contributed by atoms with E-state index in [0.717, 1.165) is 12.8 Å². The first kappa shape index (κ1) is 16.4. The molecule has 1 saturated heterocycles. The molecular formula is C18H18FN5O2. The Bertz CT molecular complexity index is 935. The van der Waals surface area contributed by atoms with E-state index in [1.807, 2.05) is 0 Å². The van der Waals surface area contributed by atoms with Crippen LogP contribution in [0.5, 0.6) is 0 Å². The molecule has 2 aromatic heterocycles. The van der Waals surface area contributed by atoms with E-state index in [1.54, 1.807) is 41.0 Å². The zero-order valence-corrected chi connectivity index (χ0v) is 14.3. The Balaban J connectivity index is 1.52. The highest BCUT2D eigenvalue weighted by Crippen LogP contribution is 2.28. The normalized spacial score (nSPS) is 17.5.